The number of hydrogen-bond donors (Lipinski definition) is 2. The highest BCUT2D eigenvalue weighted by molar-refractivity contribution is 5.34. The molecular weight excluding hydrogens is 253 g/mol. The van der Waals surface area contributed by atoms with Gasteiger partial charge in [-0.3, -0.25) is 0 Å². The molecule has 0 aromatic heterocycles. The molecule has 0 saturated heterocycles. The molecule has 20 heavy (non-hydrogen) atoms. The number of benzene rings is 2. The molecule has 2 rings (SSSR count). The molecule has 0 aliphatic carbocycles. The predicted molar refractivity (Wildman–Crippen MR) is 79.2 cm³/mol. The van der Waals surface area contributed by atoms with Crippen LogP contribution >= 0.6 is 0 Å². The van der Waals surface area contributed by atoms with E-state index in [1.54, 1.807) is 18.2 Å². The van der Waals surface area contributed by atoms with Crippen molar-refractivity contribution in [3.05, 3.63) is 65.5 Å². The zero-order chi connectivity index (χ0) is 14.4. The molecule has 0 fully saturated rings. The lowest BCUT2D eigenvalue weighted by molar-refractivity contribution is 0.442. The minimum atomic E-state index is -0.206. The van der Waals surface area contributed by atoms with Crippen LogP contribution < -0.4 is 5.32 Å². The van der Waals surface area contributed by atoms with Crippen LogP contribution in [0.15, 0.2) is 48.5 Å². The molecule has 0 saturated carbocycles. The average Bonchev–Trinajstić information content (AvgIpc) is 2.47. The Kier molecular flexibility index (Phi) is 5.13. The van der Waals surface area contributed by atoms with Crippen LogP contribution in [0.2, 0.25) is 0 Å². The summed E-state index contributed by atoms with van der Waals surface area (Å²) in [6, 6.07) is 14.1. The van der Waals surface area contributed by atoms with E-state index in [9.17, 15) is 9.50 Å². The zero-order valence-corrected chi connectivity index (χ0v) is 11.6. The van der Waals surface area contributed by atoms with Gasteiger partial charge in [0.15, 0.2) is 0 Å². The molecule has 0 aliphatic heterocycles. The lowest BCUT2D eigenvalue weighted by Crippen LogP contribution is -2.23. The Morgan fingerprint density at radius 3 is 2.45 bits per heavy atom. The first-order valence-electron chi connectivity index (χ1n) is 6.96. The molecule has 0 heterocycles. The Labute approximate surface area is 119 Å². The van der Waals surface area contributed by atoms with Crippen LogP contribution in [-0.2, 0) is 6.42 Å². The van der Waals surface area contributed by atoms with Gasteiger partial charge in [-0.25, -0.2) is 4.39 Å². The highest BCUT2D eigenvalue weighted by atomic mass is 19.1. The third kappa shape index (κ3) is 3.81. The molecule has 0 bridgehead atoms. The Morgan fingerprint density at radius 1 is 1.10 bits per heavy atom. The van der Waals surface area contributed by atoms with Crippen molar-refractivity contribution in [2.75, 3.05) is 6.54 Å². The van der Waals surface area contributed by atoms with Crippen LogP contribution in [0.1, 0.15) is 30.5 Å². The maximum Gasteiger partial charge on any atom is 0.123 e. The van der Waals surface area contributed by atoms with Crippen LogP contribution in [-0.4, -0.2) is 11.7 Å². The topological polar surface area (TPSA) is 32.3 Å². The summed E-state index contributed by atoms with van der Waals surface area (Å²) in [5.74, 6) is 0.121. The molecule has 0 spiro atoms. The van der Waals surface area contributed by atoms with E-state index in [0.717, 1.165) is 30.5 Å². The SMILES string of the molecule is CCC(NCCc1ccc(F)cc1)c1ccccc1O. The summed E-state index contributed by atoms with van der Waals surface area (Å²) < 4.78 is 12.8. The maximum atomic E-state index is 12.8. The second kappa shape index (κ2) is 7.06. The molecule has 2 N–H and O–H groups in total. The lowest BCUT2D eigenvalue weighted by Gasteiger charge is -2.18. The second-order valence-corrected chi connectivity index (χ2v) is 4.85. The molecule has 1 unspecified atom stereocenters. The van der Waals surface area contributed by atoms with Crippen molar-refractivity contribution >= 4 is 0 Å². The summed E-state index contributed by atoms with van der Waals surface area (Å²) in [4.78, 5) is 0. The molecule has 3 heteroatoms. The summed E-state index contributed by atoms with van der Waals surface area (Å²) in [6.45, 7) is 2.88. The quantitative estimate of drug-likeness (QED) is 0.838. The van der Waals surface area contributed by atoms with Gasteiger partial charge in [0.25, 0.3) is 0 Å². The first-order valence-corrected chi connectivity index (χ1v) is 6.96. The maximum absolute atomic E-state index is 12.8. The number of phenols is 1. The van der Waals surface area contributed by atoms with E-state index >= 15 is 0 Å². The van der Waals surface area contributed by atoms with Crippen LogP contribution in [0, 0.1) is 5.82 Å². The Bertz CT molecular complexity index is 539. The molecule has 106 valence electrons. The molecule has 0 amide bonds. The fourth-order valence-corrected chi connectivity index (χ4v) is 2.30. The van der Waals surface area contributed by atoms with Crippen LogP contribution in [0.25, 0.3) is 0 Å². The van der Waals surface area contributed by atoms with Gasteiger partial charge < -0.3 is 10.4 Å². The minimum absolute atomic E-state index is 0.136. The predicted octanol–water partition coefficient (Wildman–Crippen LogP) is 3.81. The van der Waals surface area contributed by atoms with Gasteiger partial charge in [0.2, 0.25) is 0 Å². The van der Waals surface area contributed by atoms with Crippen molar-refractivity contribution < 1.29 is 9.50 Å². The number of para-hydroxylation sites is 1. The van der Waals surface area contributed by atoms with E-state index in [1.165, 1.54) is 12.1 Å². The Balaban J connectivity index is 1.91. The standard InChI is InChI=1S/C17H20FNO/c1-2-16(15-5-3-4-6-17(15)20)19-12-11-13-7-9-14(18)10-8-13/h3-10,16,19-20H,2,11-12H2,1H3. The van der Waals surface area contributed by atoms with Gasteiger partial charge in [-0.2, -0.15) is 0 Å². The van der Waals surface area contributed by atoms with Crippen LogP contribution in [0.3, 0.4) is 0 Å². The lowest BCUT2D eigenvalue weighted by atomic mass is 10.0. The number of halogens is 1. The zero-order valence-electron chi connectivity index (χ0n) is 11.6. The Morgan fingerprint density at radius 2 is 1.80 bits per heavy atom. The highest BCUT2D eigenvalue weighted by Gasteiger charge is 2.11. The smallest absolute Gasteiger partial charge is 0.123 e. The van der Waals surface area contributed by atoms with Crippen molar-refractivity contribution in [2.24, 2.45) is 0 Å². The summed E-state index contributed by atoms with van der Waals surface area (Å²) in [6.07, 6.45) is 1.74. The summed E-state index contributed by atoms with van der Waals surface area (Å²) in [5.41, 5.74) is 2.03. The van der Waals surface area contributed by atoms with E-state index in [4.69, 9.17) is 0 Å². The van der Waals surface area contributed by atoms with E-state index in [0.29, 0.717) is 5.75 Å². The first-order chi connectivity index (χ1) is 9.70. The summed E-state index contributed by atoms with van der Waals surface area (Å²) >= 11 is 0. The van der Waals surface area contributed by atoms with Gasteiger partial charge in [0, 0.05) is 11.6 Å². The molecule has 2 aromatic rings. The second-order valence-electron chi connectivity index (χ2n) is 4.85. The largest absolute Gasteiger partial charge is 0.508 e. The van der Waals surface area contributed by atoms with Gasteiger partial charge in [0.05, 0.1) is 0 Å². The van der Waals surface area contributed by atoms with Crippen molar-refractivity contribution in [1.29, 1.82) is 0 Å². The van der Waals surface area contributed by atoms with Gasteiger partial charge in [0.1, 0.15) is 11.6 Å². The van der Waals surface area contributed by atoms with Crippen LogP contribution in [0.5, 0.6) is 5.75 Å². The number of hydrogen-bond acceptors (Lipinski definition) is 2. The Hall–Kier alpha value is -1.87. The number of aromatic hydroxyl groups is 1. The van der Waals surface area contributed by atoms with Crippen molar-refractivity contribution in [2.45, 2.75) is 25.8 Å². The number of rotatable bonds is 6. The van der Waals surface area contributed by atoms with Crippen molar-refractivity contribution in [1.82, 2.24) is 5.32 Å². The molecule has 0 aliphatic rings. The molecular formula is C17H20FNO. The van der Waals surface area contributed by atoms with Gasteiger partial charge in [-0.15, -0.1) is 0 Å². The minimum Gasteiger partial charge on any atom is -0.508 e. The van der Waals surface area contributed by atoms with Gasteiger partial charge >= 0.3 is 0 Å². The summed E-state index contributed by atoms with van der Waals surface area (Å²) in [7, 11) is 0. The van der Waals surface area contributed by atoms with E-state index in [1.807, 2.05) is 18.2 Å². The monoisotopic (exact) mass is 273 g/mol. The highest BCUT2D eigenvalue weighted by Crippen LogP contribution is 2.25. The van der Waals surface area contributed by atoms with Crippen molar-refractivity contribution in [3.8, 4) is 5.75 Å². The fraction of sp³-hybridized carbons (Fsp3) is 0.294. The normalized spacial score (nSPS) is 12.3. The number of phenolic OH excluding ortho intramolecular Hbond substituents is 1. The third-order valence-corrected chi connectivity index (χ3v) is 3.44. The van der Waals surface area contributed by atoms with E-state index in [2.05, 4.69) is 12.2 Å². The third-order valence-electron chi connectivity index (χ3n) is 3.44. The van der Waals surface area contributed by atoms with Crippen LogP contribution in [0.4, 0.5) is 4.39 Å². The van der Waals surface area contributed by atoms with E-state index in [-0.39, 0.29) is 11.9 Å². The first kappa shape index (κ1) is 14.5. The molecule has 2 aromatic carbocycles. The van der Waals surface area contributed by atoms with Gasteiger partial charge in [-0.1, -0.05) is 37.3 Å². The molecule has 1 atom stereocenters. The fourth-order valence-electron chi connectivity index (χ4n) is 2.30. The number of nitrogens with one attached hydrogen (secondary N) is 1. The van der Waals surface area contributed by atoms with E-state index < -0.39 is 0 Å². The van der Waals surface area contributed by atoms with Gasteiger partial charge in [-0.05, 0) is 43.1 Å². The average molecular weight is 273 g/mol. The summed E-state index contributed by atoms with van der Waals surface area (Å²) in [5, 5.41) is 13.3. The molecule has 0 radical (unpaired) electrons. The van der Waals surface area contributed by atoms with Crippen molar-refractivity contribution in [3.63, 3.8) is 0 Å². The molecule has 2 nitrogen and oxygen atoms in total.